The van der Waals surface area contributed by atoms with Crippen LogP contribution in [0.1, 0.15) is 48.5 Å². The Bertz CT molecular complexity index is 1620. The van der Waals surface area contributed by atoms with Gasteiger partial charge in [-0.3, -0.25) is 19.5 Å². The van der Waals surface area contributed by atoms with Crippen LogP contribution in [-0.2, 0) is 21.5 Å². The zero-order valence-electron chi connectivity index (χ0n) is 24.8. The van der Waals surface area contributed by atoms with Crippen LogP contribution in [0.2, 0.25) is 0 Å². The van der Waals surface area contributed by atoms with Crippen molar-refractivity contribution in [1.29, 1.82) is 0 Å². The van der Waals surface area contributed by atoms with Crippen molar-refractivity contribution in [2.75, 3.05) is 31.4 Å². The predicted octanol–water partition coefficient (Wildman–Crippen LogP) is 5.21. The molecule has 1 unspecified atom stereocenters. The van der Waals surface area contributed by atoms with Crippen LogP contribution in [0.3, 0.4) is 0 Å². The fraction of sp³-hybridized carbons (Fsp3) is 0.312. The highest BCUT2D eigenvalue weighted by atomic mass is 32.2. The largest absolute Gasteiger partial charge is 0.493 e. The number of fused-ring (bicyclic) bond motifs is 1. The Morgan fingerprint density at radius 1 is 1.07 bits per heavy atom. The summed E-state index contributed by atoms with van der Waals surface area (Å²) in [4.78, 5) is 32.9. The number of ether oxygens (including phenoxy) is 2. The van der Waals surface area contributed by atoms with Gasteiger partial charge in [-0.2, -0.15) is 5.10 Å². The molecule has 11 heteroatoms. The summed E-state index contributed by atoms with van der Waals surface area (Å²) in [7, 11) is 3.16. The fourth-order valence-corrected chi connectivity index (χ4v) is 6.19. The Morgan fingerprint density at radius 3 is 2.47 bits per heavy atom. The maximum Gasteiger partial charge on any atom is 0.240 e. The molecule has 0 bridgehead atoms. The van der Waals surface area contributed by atoms with Crippen LogP contribution < -0.4 is 19.7 Å². The molecule has 0 saturated carbocycles. The number of nitrogens with one attached hydrogen (secondary N) is 1. The summed E-state index contributed by atoms with van der Waals surface area (Å²) in [5, 5.41) is 7.58. The number of hydrogen-bond donors (Lipinski definition) is 1. The maximum atomic E-state index is 14.0. The number of thioether (sulfide) groups is 1. The van der Waals surface area contributed by atoms with Crippen LogP contribution in [0.5, 0.6) is 11.5 Å². The van der Waals surface area contributed by atoms with Crippen molar-refractivity contribution in [3.05, 3.63) is 95.2 Å². The second kappa shape index (κ2) is 12.5. The lowest BCUT2D eigenvalue weighted by molar-refractivity contribution is -0.123. The number of amides is 2. The lowest BCUT2D eigenvalue weighted by Crippen LogP contribution is -2.42. The molecule has 0 spiro atoms. The van der Waals surface area contributed by atoms with Crippen molar-refractivity contribution in [2.24, 2.45) is 0 Å². The number of nitrogens with zero attached hydrogens (tertiary/aromatic N) is 4. The van der Waals surface area contributed by atoms with Crippen LogP contribution in [-0.4, -0.2) is 53.1 Å². The number of rotatable bonds is 8. The van der Waals surface area contributed by atoms with Gasteiger partial charge in [0.2, 0.25) is 11.8 Å². The minimum Gasteiger partial charge on any atom is -0.493 e. The van der Waals surface area contributed by atoms with Crippen molar-refractivity contribution >= 4 is 29.4 Å². The first-order valence-corrected chi connectivity index (χ1v) is 14.9. The van der Waals surface area contributed by atoms with Gasteiger partial charge in [-0.05, 0) is 54.1 Å². The molecule has 1 aliphatic rings. The van der Waals surface area contributed by atoms with Crippen molar-refractivity contribution in [1.82, 2.24) is 20.1 Å². The topological polar surface area (TPSA) is 98.6 Å². The summed E-state index contributed by atoms with van der Waals surface area (Å²) < 4.78 is 26.7. The Morgan fingerprint density at radius 2 is 1.81 bits per heavy atom. The van der Waals surface area contributed by atoms with Gasteiger partial charge < -0.3 is 14.8 Å². The highest BCUT2D eigenvalue weighted by molar-refractivity contribution is 8.00. The van der Waals surface area contributed by atoms with E-state index in [4.69, 9.17) is 14.6 Å². The molecule has 0 aliphatic carbocycles. The van der Waals surface area contributed by atoms with E-state index in [1.165, 1.54) is 28.8 Å². The third-order valence-corrected chi connectivity index (χ3v) is 8.33. The van der Waals surface area contributed by atoms with Crippen molar-refractivity contribution < 1.29 is 23.5 Å². The summed E-state index contributed by atoms with van der Waals surface area (Å²) in [6, 6.07) is 17.1. The second-order valence-corrected chi connectivity index (χ2v) is 12.2. The molecule has 3 heterocycles. The van der Waals surface area contributed by atoms with Crippen LogP contribution >= 0.6 is 11.8 Å². The summed E-state index contributed by atoms with van der Waals surface area (Å²) in [6.07, 6.45) is 1.66. The monoisotopic (exact) mass is 603 g/mol. The van der Waals surface area contributed by atoms with E-state index in [0.717, 1.165) is 16.8 Å². The van der Waals surface area contributed by atoms with Gasteiger partial charge in [-0.15, -0.1) is 11.8 Å². The second-order valence-electron chi connectivity index (χ2n) is 11.1. The van der Waals surface area contributed by atoms with Gasteiger partial charge in [0.25, 0.3) is 0 Å². The smallest absolute Gasteiger partial charge is 0.240 e. The third kappa shape index (κ3) is 6.36. The number of carbonyl (C=O) groups is 2. The molecule has 1 N–H and O–H groups in total. The molecule has 1 aliphatic heterocycles. The van der Waals surface area contributed by atoms with Gasteiger partial charge in [-0.1, -0.05) is 32.9 Å². The number of aromatic nitrogens is 3. The van der Waals surface area contributed by atoms with Crippen LogP contribution in [0.15, 0.2) is 66.9 Å². The molecular formula is C32H34FN5O4S. The highest BCUT2D eigenvalue weighted by Gasteiger charge is 2.40. The van der Waals surface area contributed by atoms with Gasteiger partial charge in [0.15, 0.2) is 11.5 Å². The quantitative estimate of drug-likeness (QED) is 0.295. The molecule has 43 heavy (non-hydrogen) atoms. The summed E-state index contributed by atoms with van der Waals surface area (Å²) >= 11 is 1.46. The first-order chi connectivity index (χ1) is 20.6. The summed E-state index contributed by atoms with van der Waals surface area (Å²) in [5.41, 5.74) is 3.28. The minimum absolute atomic E-state index is 0.119. The van der Waals surface area contributed by atoms with Crippen LogP contribution in [0.25, 0.3) is 5.69 Å². The maximum absolute atomic E-state index is 14.0. The number of benzene rings is 2. The SMILES string of the molecule is COc1ccc(C2SCC(=O)N(CC(=O)NCc3ccccn3)c3c2c(C(C)(C)C)nn3-c2ccc(F)cc2)cc1OC. The van der Waals surface area contributed by atoms with Gasteiger partial charge in [0.05, 0.1) is 48.8 Å². The van der Waals surface area contributed by atoms with E-state index < -0.39 is 11.2 Å². The Labute approximate surface area is 254 Å². The lowest BCUT2D eigenvalue weighted by Gasteiger charge is -2.25. The number of pyridine rings is 1. The number of halogens is 1. The zero-order chi connectivity index (χ0) is 30.7. The summed E-state index contributed by atoms with van der Waals surface area (Å²) in [6.45, 7) is 6.16. The molecule has 0 radical (unpaired) electrons. The molecule has 224 valence electrons. The molecule has 4 aromatic rings. The first kappa shape index (κ1) is 30.1. The molecule has 0 saturated heterocycles. The van der Waals surface area contributed by atoms with Gasteiger partial charge >= 0.3 is 0 Å². The first-order valence-electron chi connectivity index (χ1n) is 13.8. The van der Waals surface area contributed by atoms with Crippen LogP contribution in [0, 0.1) is 5.82 Å². The average Bonchev–Trinajstić information content (AvgIpc) is 3.34. The van der Waals surface area contributed by atoms with E-state index in [-0.39, 0.29) is 35.9 Å². The lowest BCUT2D eigenvalue weighted by atomic mass is 9.87. The number of carbonyl (C=O) groups excluding carboxylic acids is 2. The molecule has 1 atom stereocenters. The van der Waals surface area contributed by atoms with E-state index in [2.05, 4.69) is 31.1 Å². The molecular weight excluding hydrogens is 569 g/mol. The highest BCUT2D eigenvalue weighted by Crippen LogP contribution is 2.49. The molecule has 9 nitrogen and oxygen atoms in total. The standard InChI is InChI=1S/C32H34FN5O4S/c1-32(2,3)30-28-29(20-9-14-24(41-4)25(16-20)42-5)43-19-27(40)37(18-26(39)35-17-22-8-6-7-15-34-22)31(28)38(36-30)23-12-10-21(33)11-13-23/h6-16,29H,17-19H2,1-5H3,(H,35,39). The number of anilines is 1. The Kier molecular flexibility index (Phi) is 8.72. The van der Waals surface area contributed by atoms with Crippen LogP contribution in [0.4, 0.5) is 10.2 Å². The number of hydrogen-bond acceptors (Lipinski definition) is 7. The summed E-state index contributed by atoms with van der Waals surface area (Å²) in [5.74, 6) is 0.762. The Balaban J connectivity index is 1.67. The molecule has 5 rings (SSSR count). The van der Waals surface area contributed by atoms with E-state index in [1.807, 2.05) is 30.3 Å². The normalized spacial score (nSPS) is 15.1. The zero-order valence-corrected chi connectivity index (χ0v) is 25.6. The van der Waals surface area contributed by atoms with E-state index in [9.17, 15) is 14.0 Å². The average molecular weight is 604 g/mol. The van der Waals surface area contributed by atoms with Gasteiger partial charge in [0.1, 0.15) is 18.2 Å². The molecule has 2 aromatic carbocycles. The van der Waals surface area contributed by atoms with E-state index in [0.29, 0.717) is 28.7 Å². The molecule has 2 aromatic heterocycles. The molecule has 0 fully saturated rings. The van der Waals surface area contributed by atoms with Gasteiger partial charge in [0, 0.05) is 17.2 Å². The minimum atomic E-state index is -0.439. The fourth-order valence-electron chi connectivity index (χ4n) is 5.01. The van der Waals surface area contributed by atoms with E-state index in [1.54, 1.807) is 43.3 Å². The van der Waals surface area contributed by atoms with Gasteiger partial charge in [-0.25, -0.2) is 9.07 Å². The molecule has 2 amide bonds. The predicted molar refractivity (Wildman–Crippen MR) is 165 cm³/mol. The third-order valence-electron chi connectivity index (χ3n) is 7.08. The van der Waals surface area contributed by atoms with Crippen molar-refractivity contribution in [3.8, 4) is 17.2 Å². The number of methoxy groups -OCH3 is 2. The van der Waals surface area contributed by atoms with Crippen molar-refractivity contribution in [3.63, 3.8) is 0 Å². The Hall–Kier alpha value is -4.38. The van der Waals surface area contributed by atoms with Crippen molar-refractivity contribution in [2.45, 2.75) is 38.0 Å². The van der Waals surface area contributed by atoms with E-state index >= 15 is 0 Å².